The Kier molecular flexibility index (Phi) is 4.12. The topological polar surface area (TPSA) is 55.1 Å². The van der Waals surface area contributed by atoms with Crippen LogP contribution in [0.15, 0.2) is 58.9 Å². The van der Waals surface area contributed by atoms with Gasteiger partial charge in [0.1, 0.15) is 0 Å². The first-order chi connectivity index (χ1) is 10.3. The molecule has 5 heteroatoms. The fourth-order valence-electron chi connectivity index (χ4n) is 1.94. The van der Waals surface area contributed by atoms with Crippen LogP contribution in [0.5, 0.6) is 0 Å². The summed E-state index contributed by atoms with van der Waals surface area (Å²) in [5.74, 6) is 0.0244. The van der Waals surface area contributed by atoms with Crippen molar-refractivity contribution in [2.45, 2.75) is 13.0 Å². The standard InChI is InChI=1S/C16H14N2O2S/c19-16(8-14-2-1-7-21-14)18-10-12-3-4-15(17-9-12)13-5-6-20-11-13/h1-7,9,11H,8,10H2,(H,18,19). The summed E-state index contributed by atoms with van der Waals surface area (Å²) in [5.41, 5.74) is 2.78. The summed E-state index contributed by atoms with van der Waals surface area (Å²) in [6, 6.07) is 9.66. The quantitative estimate of drug-likeness (QED) is 0.786. The van der Waals surface area contributed by atoms with Gasteiger partial charge in [0.25, 0.3) is 0 Å². The summed E-state index contributed by atoms with van der Waals surface area (Å²) in [6.45, 7) is 0.489. The number of hydrogen-bond acceptors (Lipinski definition) is 4. The molecule has 0 aliphatic rings. The molecule has 0 bridgehead atoms. The van der Waals surface area contributed by atoms with E-state index in [1.165, 1.54) is 0 Å². The predicted molar refractivity (Wildman–Crippen MR) is 81.8 cm³/mol. The molecule has 0 aromatic carbocycles. The number of carbonyl (C=O) groups is 1. The van der Waals surface area contributed by atoms with Crippen molar-refractivity contribution in [1.82, 2.24) is 10.3 Å². The SMILES string of the molecule is O=C(Cc1cccs1)NCc1ccc(-c2ccoc2)nc1. The molecular formula is C16H14N2O2S. The molecule has 1 amide bonds. The van der Waals surface area contributed by atoms with Crippen LogP contribution in [0.1, 0.15) is 10.4 Å². The lowest BCUT2D eigenvalue weighted by atomic mass is 10.2. The predicted octanol–water partition coefficient (Wildman–Crippen LogP) is 3.26. The number of pyridine rings is 1. The lowest BCUT2D eigenvalue weighted by Crippen LogP contribution is -2.24. The number of aromatic nitrogens is 1. The van der Waals surface area contributed by atoms with Gasteiger partial charge in [0.15, 0.2) is 0 Å². The monoisotopic (exact) mass is 298 g/mol. The number of hydrogen-bond donors (Lipinski definition) is 1. The summed E-state index contributed by atoms with van der Waals surface area (Å²) < 4.78 is 5.03. The first-order valence-corrected chi connectivity index (χ1v) is 7.46. The van der Waals surface area contributed by atoms with Gasteiger partial charge in [-0.1, -0.05) is 12.1 Å². The van der Waals surface area contributed by atoms with E-state index < -0.39 is 0 Å². The second-order valence-electron chi connectivity index (χ2n) is 4.60. The van der Waals surface area contributed by atoms with Crippen LogP contribution < -0.4 is 5.32 Å². The van der Waals surface area contributed by atoms with Crippen molar-refractivity contribution in [2.24, 2.45) is 0 Å². The van der Waals surface area contributed by atoms with Gasteiger partial charge in [0.05, 0.1) is 24.6 Å². The number of carbonyl (C=O) groups excluding carboxylic acids is 1. The van der Waals surface area contributed by atoms with Crippen LogP contribution in [0.4, 0.5) is 0 Å². The molecule has 4 nitrogen and oxygen atoms in total. The molecule has 0 radical (unpaired) electrons. The molecule has 3 heterocycles. The highest BCUT2D eigenvalue weighted by Gasteiger charge is 2.05. The average molecular weight is 298 g/mol. The molecule has 0 saturated carbocycles. The third-order valence-corrected chi connectivity index (χ3v) is 3.92. The smallest absolute Gasteiger partial charge is 0.225 e. The molecule has 0 aliphatic heterocycles. The number of nitrogens with one attached hydrogen (secondary N) is 1. The summed E-state index contributed by atoms with van der Waals surface area (Å²) in [6.07, 6.45) is 5.48. The minimum atomic E-state index is 0.0244. The molecule has 1 N–H and O–H groups in total. The number of nitrogens with zero attached hydrogens (tertiary/aromatic N) is 1. The highest BCUT2D eigenvalue weighted by Crippen LogP contribution is 2.17. The fourth-order valence-corrected chi connectivity index (χ4v) is 2.65. The number of furan rings is 1. The van der Waals surface area contributed by atoms with Crippen molar-refractivity contribution < 1.29 is 9.21 Å². The van der Waals surface area contributed by atoms with E-state index in [-0.39, 0.29) is 5.91 Å². The summed E-state index contributed by atoms with van der Waals surface area (Å²) >= 11 is 1.59. The maximum absolute atomic E-state index is 11.8. The first-order valence-electron chi connectivity index (χ1n) is 6.58. The molecule has 0 saturated heterocycles. The Bertz CT molecular complexity index is 688. The molecule has 0 aliphatic carbocycles. The zero-order chi connectivity index (χ0) is 14.5. The van der Waals surface area contributed by atoms with Crippen molar-refractivity contribution in [2.75, 3.05) is 0 Å². The molecule has 0 spiro atoms. The Morgan fingerprint density at radius 2 is 2.24 bits per heavy atom. The van der Waals surface area contributed by atoms with Gasteiger partial charge in [-0.05, 0) is 29.1 Å². The van der Waals surface area contributed by atoms with E-state index in [1.54, 1.807) is 30.1 Å². The van der Waals surface area contributed by atoms with Crippen molar-refractivity contribution in [3.8, 4) is 11.3 Å². The van der Waals surface area contributed by atoms with Crippen molar-refractivity contribution in [1.29, 1.82) is 0 Å². The molecule has 3 aromatic heterocycles. The largest absolute Gasteiger partial charge is 0.472 e. The van der Waals surface area contributed by atoms with Gasteiger partial charge in [-0.3, -0.25) is 9.78 Å². The highest BCUT2D eigenvalue weighted by molar-refractivity contribution is 7.10. The maximum Gasteiger partial charge on any atom is 0.225 e. The molecular weight excluding hydrogens is 284 g/mol. The molecule has 0 atom stereocenters. The lowest BCUT2D eigenvalue weighted by Gasteiger charge is -2.05. The minimum absolute atomic E-state index is 0.0244. The second kappa shape index (κ2) is 6.37. The van der Waals surface area contributed by atoms with Crippen LogP contribution in [0, 0.1) is 0 Å². The van der Waals surface area contributed by atoms with Crippen LogP contribution in [-0.2, 0) is 17.8 Å². The average Bonchev–Trinajstić information content (AvgIpc) is 3.19. The Hall–Kier alpha value is -2.40. The van der Waals surface area contributed by atoms with E-state index in [2.05, 4.69) is 10.3 Å². The van der Waals surface area contributed by atoms with E-state index in [0.717, 1.165) is 21.7 Å². The van der Waals surface area contributed by atoms with Gasteiger partial charge in [0, 0.05) is 23.2 Å². The number of thiophene rings is 1. The third kappa shape index (κ3) is 3.58. The van der Waals surface area contributed by atoms with E-state index >= 15 is 0 Å². The zero-order valence-corrected chi connectivity index (χ0v) is 12.1. The Morgan fingerprint density at radius 1 is 1.29 bits per heavy atom. The molecule has 0 unspecified atom stereocenters. The van der Waals surface area contributed by atoms with Gasteiger partial charge in [-0.25, -0.2) is 0 Å². The van der Waals surface area contributed by atoms with E-state index in [0.29, 0.717) is 13.0 Å². The van der Waals surface area contributed by atoms with E-state index in [9.17, 15) is 4.79 Å². The van der Waals surface area contributed by atoms with Crippen LogP contribution in [-0.4, -0.2) is 10.9 Å². The minimum Gasteiger partial charge on any atom is -0.472 e. The van der Waals surface area contributed by atoms with Crippen molar-refractivity contribution in [3.63, 3.8) is 0 Å². The van der Waals surface area contributed by atoms with Crippen LogP contribution in [0.2, 0.25) is 0 Å². The normalized spacial score (nSPS) is 10.5. The molecule has 3 rings (SSSR count). The van der Waals surface area contributed by atoms with E-state index in [1.807, 2.05) is 35.7 Å². The van der Waals surface area contributed by atoms with Crippen molar-refractivity contribution >= 4 is 17.2 Å². The fraction of sp³-hybridized carbons (Fsp3) is 0.125. The molecule has 0 fully saturated rings. The van der Waals surface area contributed by atoms with Crippen LogP contribution in [0.25, 0.3) is 11.3 Å². The first kappa shape index (κ1) is 13.6. The number of amides is 1. The zero-order valence-electron chi connectivity index (χ0n) is 11.3. The lowest BCUT2D eigenvalue weighted by molar-refractivity contribution is -0.120. The Morgan fingerprint density at radius 3 is 2.90 bits per heavy atom. The summed E-state index contributed by atoms with van der Waals surface area (Å²) in [5, 5.41) is 4.87. The summed E-state index contributed by atoms with van der Waals surface area (Å²) in [4.78, 5) is 17.2. The Labute approximate surface area is 126 Å². The van der Waals surface area contributed by atoms with Crippen molar-refractivity contribution in [3.05, 3.63) is 64.9 Å². The summed E-state index contributed by atoms with van der Waals surface area (Å²) in [7, 11) is 0. The maximum atomic E-state index is 11.8. The van der Waals surface area contributed by atoms with Gasteiger partial charge >= 0.3 is 0 Å². The molecule has 21 heavy (non-hydrogen) atoms. The molecule has 106 valence electrons. The third-order valence-electron chi connectivity index (χ3n) is 3.05. The molecule has 3 aromatic rings. The van der Waals surface area contributed by atoms with Crippen LogP contribution >= 0.6 is 11.3 Å². The highest BCUT2D eigenvalue weighted by atomic mass is 32.1. The van der Waals surface area contributed by atoms with Gasteiger partial charge < -0.3 is 9.73 Å². The second-order valence-corrected chi connectivity index (χ2v) is 5.63. The van der Waals surface area contributed by atoms with Crippen LogP contribution in [0.3, 0.4) is 0 Å². The van der Waals surface area contributed by atoms with E-state index in [4.69, 9.17) is 4.42 Å². The van der Waals surface area contributed by atoms with Gasteiger partial charge in [-0.15, -0.1) is 11.3 Å². The van der Waals surface area contributed by atoms with Gasteiger partial charge in [0.2, 0.25) is 5.91 Å². The Balaban J connectivity index is 1.55. The van der Waals surface area contributed by atoms with Gasteiger partial charge in [-0.2, -0.15) is 0 Å². The number of rotatable bonds is 5.